The number of hydrogen-bond donors (Lipinski definition) is 1. The van der Waals surface area contributed by atoms with Gasteiger partial charge in [0, 0.05) is 24.1 Å². The Hall–Kier alpha value is -0.960. The smallest absolute Gasteiger partial charge is 0.126 e. The van der Waals surface area contributed by atoms with Crippen LogP contribution < -0.4 is 5.32 Å². The molecule has 2 aliphatic carbocycles. The minimum Gasteiger partial charge on any atom is -0.313 e. The molecule has 3 heteroatoms. The topological polar surface area (TPSA) is 12.0 Å². The first-order chi connectivity index (χ1) is 9.78. The Balaban J connectivity index is 1.82. The molecule has 3 rings (SSSR count). The molecular formula is C18H25F2N. The molecule has 0 aliphatic heterocycles. The lowest BCUT2D eigenvalue weighted by Crippen LogP contribution is -2.52. The summed E-state index contributed by atoms with van der Waals surface area (Å²) in [5.41, 5.74) is 0.993. The standard InChI is InChI=1S/C18H25F2N/c1-17(2,3)13-9-18(10-13,11-21-16-4-5-16)12-6-14(19)8-15(20)7-12/h6-8,13,16,21H,4-5,9-11H2,1-3H3. The maximum absolute atomic E-state index is 13.6. The van der Waals surface area contributed by atoms with Crippen molar-refractivity contribution in [1.82, 2.24) is 5.32 Å². The van der Waals surface area contributed by atoms with Crippen molar-refractivity contribution in [3.63, 3.8) is 0 Å². The number of benzene rings is 1. The van der Waals surface area contributed by atoms with E-state index >= 15 is 0 Å². The van der Waals surface area contributed by atoms with E-state index in [1.807, 2.05) is 0 Å². The minimum atomic E-state index is -0.463. The molecule has 0 unspecified atom stereocenters. The van der Waals surface area contributed by atoms with Gasteiger partial charge >= 0.3 is 0 Å². The lowest BCUT2D eigenvalue weighted by molar-refractivity contribution is 0.0443. The van der Waals surface area contributed by atoms with Crippen molar-refractivity contribution in [2.45, 2.75) is 57.9 Å². The maximum Gasteiger partial charge on any atom is 0.126 e. The lowest BCUT2D eigenvalue weighted by atomic mass is 9.52. The fraction of sp³-hybridized carbons (Fsp3) is 0.667. The molecule has 116 valence electrons. The van der Waals surface area contributed by atoms with Crippen molar-refractivity contribution >= 4 is 0 Å². The van der Waals surface area contributed by atoms with Crippen LogP contribution in [0.15, 0.2) is 18.2 Å². The molecule has 21 heavy (non-hydrogen) atoms. The molecule has 1 N–H and O–H groups in total. The third-order valence-corrected chi connectivity index (χ3v) is 5.28. The van der Waals surface area contributed by atoms with Crippen LogP contribution in [0, 0.1) is 23.0 Å². The van der Waals surface area contributed by atoms with Gasteiger partial charge in [0.1, 0.15) is 11.6 Å². The van der Waals surface area contributed by atoms with Gasteiger partial charge in [0.25, 0.3) is 0 Å². The van der Waals surface area contributed by atoms with Crippen molar-refractivity contribution in [2.24, 2.45) is 11.3 Å². The zero-order chi connectivity index (χ0) is 15.3. The zero-order valence-corrected chi connectivity index (χ0v) is 13.2. The molecule has 2 aliphatic rings. The predicted molar refractivity (Wildman–Crippen MR) is 81.2 cm³/mol. The molecule has 0 spiro atoms. The van der Waals surface area contributed by atoms with E-state index in [0.29, 0.717) is 12.0 Å². The Morgan fingerprint density at radius 2 is 1.67 bits per heavy atom. The molecule has 0 saturated heterocycles. The molecular weight excluding hydrogens is 268 g/mol. The van der Waals surface area contributed by atoms with Crippen LogP contribution in [0.1, 0.15) is 52.0 Å². The van der Waals surface area contributed by atoms with Crippen LogP contribution in [0.2, 0.25) is 0 Å². The normalized spacial score (nSPS) is 29.3. The number of nitrogens with one attached hydrogen (secondary N) is 1. The van der Waals surface area contributed by atoms with E-state index in [1.54, 1.807) is 0 Å². The molecule has 1 aromatic rings. The molecule has 0 radical (unpaired) electrons. The van der Waals surface area contributed by atoms with E-state index in [2.05, 4.69) is 26.1 Å². The van der Waals surface area contributed by atoms with E-state index in [-0.39, 0.29) is 10.8 Å². The molecule has 1 nitrogen and oxygen atoms in total. The van der Waals surface area contributed by atoms with Gasteiger partial charge in [-0.1, -0.05) is 20.8 Å². The van der Waals surface area contributed by atoms with Crippen LogP contribution in [0.4, 0.5) is 8.78 Å². The summed E-state index contributed by atoms with van der Waals surface area (Å²) in [6, 6.07) is 4.63. The first-order valence-corrected chi connectivity index (χ1v) is 7.98. The molecule has 0 bridgehead atoms. The number of halogens is 2. The van der Waals surface area contributed by atoms with E-state index in [4.69, 9.17) is 0 Å². The van der Waals surface area contributed by atoms with Crippen molar-refractivity contribution in [3.05, 3.63) is 35.4 Å². The number of hydrogen-bond acceptors (Lipinski definition) is 1. The Bertz CT molecular complexity index is 502. The fourth-order valence-corrected chi connectivity index (χ4v) is 3.47. The van der Waals surface area contributed by atoms with E-state index in [9.17, 15) is 8.78 Å². The highest BCUT2D eigenvalue weighted by Crippen LogP contribution is 2.54. The SMILES string of the molecule is CC(C)(C)C1CC(CNC2CC2)(c2cc(F)cc(F)c2)C1. The van der Waals surface area contributed by atoms with E-state index in [0.717, 1.165) is 31.0 Å². The maximum atomic E-state index is 13.6. The first-order valence-electron chi connectivity index (χ1n) is 7.98. The summed E-state index contributed by atoms with van der Waals surface area (Å²) in [7, 11) is 0. The second-order valence-electron chi connectivity index (χ2n) is 8.06. The van der Waals surface area contributed by atoms with Gasteiger partial charge < -0.3 is 5.32 Å². The van der Waals surface area contributed by atoms with Crippen molar-refractivity contribution in [2.75, 3.05) is 6.54 Å². The second kappa shape index (κ2) is 5.05. The van der Waals surface area contributed by atoms with Crippen LogP contribution in [-0.2, 0) is 5.41 Å². The van der Waals surface area contributed by atoms with Crippen molar-refractivity contribution < 1.29 is 8.78 Å². The Morgan fingerprint density at radius 1 is 1.10 bits per heavy atom. The summed E-state index contributed by atoms with van der Waals surface area (Å²) in [4.78, 5) is 0. The van der Waals surface area contributed by atoms with Gasteiger partial charge in [-0.05, 0) is 54.7 Å². The Morgan fingerprint density at radius 3 is 2.14 bits per heavy atom. The highest BCUT2D eigenvalue weighted by Gasteiger charge is 2.49. The summed E-state index contributed by atoms with van der Waals surface area (Å²) in [5.74, 6) is -0.310. The molecule has 0 aromatic heterocycles. The monoisotopic (exact) mass is 293 g/mol. The fourth-order valence-electron chi connectivity index (χ4n) is 3.47. The third-order valence-electron chi connectivity index (χ3n) is 5.28. The third kappa shape index (κ3) is 3.13. The van der Waals surface area contributed by atoms with Crippen LogP contribution in [0.3, 0.4) is 0 Å². The van der Waals surface area contributed by atoms with Gasteiger partial charge in [0.2, 0.25) is 0 Å². The molecule has 0 heterocycles. The van der Waals surface area contributed by atoms with Crippen molar-refractivity contribution in [1.29, 1.82) is 0 Å². The van der Waals surface area contributed by atoms with E-state index in [1.165, 1.54) is 25.0 Å². The summed E-state index contributed by atoms with van der Waals surface area (Å²) in [5, 5.41) is 3.56. The Labute approximate surface area is 126 Å². The average molecular weight is 293 g/mol. The largest absolute Gasteiger partial charge is 0.313 e. The summed E-state index contributed by atoms with van der Waals surface area (Å²) in [6.07, 6.45) is 4.49. The second-order valence-corrected chi connectivity index (χ2v) is 8.06. The van der Waals surface area contributed by atoms with E-state index < -0.39 is 11.6 Å². The number of rotatable bonds is 4. The minimum absolute atomic E-state index is 0.0938. The highest BCUT2D eigenvalue weighted by molar-refractivity contribution is 5.31. The van der Waals surface area contributed by atoms with Crippen LogP contribution >= 0.6 is 0 Å². The molecule has 0 atom stereocenters. The van der Waals surface area contributed by atoms with Gasteiger partial charge in [0.15, 0.2) is 0 Å². The summed E-state index contributed by atoms with van der Waals surface area (Å²) >= 11 is 0. The van der Waals surface area contributed by atoms with Gasteiger partial charge in [0.05, 0.1) is 0 Å². The quantitative estimate of drug-likeness (QED) is 0.867. The zero-order valence-electron chi connectivity index (χ0n) is 13.2. The first kappa shape index (κ1) is 15.0. The highest BCUT2D eigenvalue weighted by atomic mass is 19.1. The Kier molecular flexibility index (Phi) is 3.59. The van der Waals surface area contributed by atoms with Gasteiger partial charge in [-0.2, -0.15) is 0 Å². The van der Waals surface area contributed by atoms with Crippen LogP contribution in [0.25, 0.3) is 0 Å². The molecule has 1 aromatic carbocycles. The van der Waals surface area contributed by atoms with Gasteiger partial charge in [-0.3, -0.25) is 0 Å². The predicted octanol–water partition coefficient (Wildman–Crippen LogP) is 4.41. The lowest BCUT2D eigenvalue weighted by Gasteiger charge is -2.53. The van der Waals surface area contributed by atoms with Crippen molar-refractivity contribution in [3.8, 4) is 0 Å². The van der Waals surface area contributed by atoms with Crippen LogP contribution in [0.5, 0.6) is 0 Å². The molecule has 2 saturated carbocycles. The van der Waals surface area contributed by atoms with Gasteiger partial charge in [-0.15, -0.1) is 0 Å². The van der Waals surface area contributed by atoms with Crippen LogP contribution in [-0.4, -0.2) is 12.6 Å². The molecule has 2 fully saturated rings. The van der Waals surface area contributed by atoms with Gasteiger partial charge in [-0.25, -0.2) is 8.78 Å². The average Bonchev–Trinajstić information content (AvgIpc) is 3.08. The summed E-state index contributed by atoms with van der Waals surface area (Å²) < 4.78 is 27.2. The molecule has 0 amide bonds. The summed E-state index contributed by atoms with van der Waals surface area (Å²) in [6.45, 7) is 7.60.